The van der Waals surface area contributed by atoms with Crippen molar-refractivity contribution in [1.82, 2.24) is 4.98 Å². The van der Waals surface area contributed by atoms with Crippen molar-refractivity contribution < 1.29 is 4.74 Å². The number of hydrogen-bond donors (Lipinski definition) is 0. The van der Waals surface area contributed by atoms with Crippen molar-refractivity contribution in [2.75, 3.05) is 0 Å². The van der Waals surface area contributed by atoms with Gasteiger partial charge in [-0.05, 0) is 37.2 Å². The average molecular weight is 288 g/mol. The third-order valence-electron chi connectivity index (χ3n) is 3.69. The van der Waals surface area contributed by atoms with Gasteiger partial charge in [0.1, 0.15) is 6.10 Å². The number of alkyl halides is 1. The molecule has 0 aromatic carbocycles. The standard InChI is InChI=1S/C14H19Cl2NO/c1-2-10-5-3-4-6-13(10)18-14-7-11(8-15)12(16)9-17-14/h7,9-10,13H,2-6,8H2,1H3. The van der Waals surface area contributed by atoms with Crippen LogP contribution >= 0.6 is 23.2 Å². The fraction of sp³-hybridized carbons (Fsp3) is 0.643. The Hall–Kier alpha value is -0.470. The van der Waals surface area contributed by atoms with Crippen LogP contribution in [0.4, 0.5) is 0 Å². The van der Waals surface area contributed by atoms with Gasteiger partial charge in [0.2, 0.25) is 5.88 Å². The van der Waals surface area contributed by atoms with Crippen molar-refractivity contribution in [3.05, 3.63) is 22.8 Å². The van der Waals surface area contributed by atoms with Gasteiger partial charge in [-0.1, -0.05) is 24.9 Å². The largest absolute Gasteiger partial charge is 0.474 e. The Balaban J connectivity index is 2.07. The molecule has 2 rings (SSSR count). The second-order valence-corrected chi connectivity index (χ2v) is 5.53. The zero-order valence-electron chi connectivity index (χ0n) is 10.7. The van der Waals surface area contributed by atoms with E-state index in [1.54, 1.807) is 6.20 Å². The van der Waals surface area contributed by atoms with Gasteiger partial charge < -0.3 is 4.74 Å². The van der Waals surface area contributed by atoms with Crippen LogP contribution in [0.15, 0.2) is 12.3 Å². The molecule has 0 spiro atoms. The highest BCUT2D eigenvalue weighted by Gasteiger charge is 2.25. The quantitative estimate of drug-likeness (QED) is 0.741. The lowest BCUT2D eigenvalue weighted by Crippen LogP contribution is -2.30. The summed E-state index contributed by atoms with van der Waals surface area (Å²) in [4.78, 5) is 4.24. The highest BCUT2D eigenvalue weighted by molar-refractivity contribution is 6.32. The maximum absolute atomic E-state index is 6.03. The molecule has 1 aromatic heterocycles. The summed E-state index contributed by atoms with van der Waals surface area (Å²) in [7, 11) is 0. The van der Waals surface area contributed by atoms with Gasteiger partial charge in [0.15, 0.2) is 0 Å². The van der Waals surface area contributed by atoms with Crippen LogP contribution in [0.3, 0.4) is 0 Å². The Morgan fingerprint density at radius 2 is 2.17 bits per heavy atom. The molecule has 1 heterocycles. The van der Waals surface area contributed by atoms with E-state index in [0.717, 1.165) is 12.0 Å². The first-order valence-electron chi connectivity index (χ1n) is 6.61. The molecule has 2 unspecified atom stereocenters. The molecule has 0 amide bonds. The molecule has 1 fully saturated rings. The Bertz CT molecular complexity index is 397. The van der Waals surface area contributed by atoms with Crippen LogP contribution in [0.2, 0.25) is 5.02 Å². The van der Waals surface area contributed by atoms with Crippen LogP contribution in [0.1, 0.15) is 44.6 Å². The number of nitrogens with zero attached hydrogens (tertiary/aromatic N) is 1. The monoisotopic (exact) mass is 287 g/mol. The van der Waals surface area contributed by atoms with Crippen LogP contribution in [0.25, 0.3) is 0 Å². The van der Waals surface area contributed by atoms with Crippen LogP contribution in [0, 0.1) is 5.92 Å². The first kappa shape index (κ1) is 14.0. The van der Waals surface area contributed by atoms with E-state index < -0.39 is 0 Å². The van der Waals surface area contributed by atoms with E-state index in [2.05, 4.69) is 11.9 Å². The molecular formula is C14H19Cl2NO. The van der Waals surface area contributed by atoms with E-state index in [-0.39, 0.29) is 0 Å². The minimum absolute atomic E-state index is 0.292. The number of halogens is 2. The van der Waals surface area contributed by atoms with E-state index >= 15 is 0 Å². The van der Waals surface area contributed by atoms with E-state index in [4.69, 9.17) is 27.9 Å². The molecular weight excluding hydrogens is 269 g/mol. The zero-order chi connectivity index (χ0) is 13.0. The summed E-state index contributed by atoms with van der Waals surface area (Å²) in [6.07, 6.45) is 8.03. The highest BCUT2D eigenvalue weighted by Crippen LogP contribution is 2.30. The smallest absolute Gasteiger partial charge is 0.213 e. The van der Waals surface area contributed by atoms with Crippen molar-refractivity contribution in [1.29, 1.82) is 0 Å². The van der Waals surface area contributed by atoms with Gasteiger partial charge >= 0.3 is 0 Å². The van der Waals surface area contributed by atoms with E-state index in [1.807, 2.05) is 6.07 Å². The number of rotatable bonds is 4. The summed E-state index contributed by atoms with van der Waals surface area (Å²) in [6.45, 7) is 2.23. The zero-order valence-corrected chi connectivity index (χ0v) is 12.2. The summed E-state index contributed by atoms with van der Waals surface area (Å²) >= 11 is 11.8. The lowest BCUT2D eigenvalue weighted by molar-refractivity contribution is 0.0858. The summed E-state index contributed by atoms with van der Waals surface area (Å²) in [5.41, 5.74) is 0.882. The van der Waals surface area contributed by atoms with Gasteiger partial charge in [-0.2, -0.15) is 0 Å². The number of pyridine rings is 1. The molecule has 18 heavy (non-hydrogen) atoms. The molecule has 2 nitrogen and oxygen atoms in total. The number of hydrogen-bond acceptors (Lipinski definition) is 2. The molecule has 0 radical (unpaired) electrons. The van der Waals surface area contributed by atoms with Gasteiger partial charge in [-0.3, -0.25) is 0 Å². The molecule has 2 atom stereocenters. The molecule has 0 bridgehead atoms. The van der Waals surface area contributed by atoms with Gasteiger partial charge in [0.05, 0.1) is 5.02 Å². The first-order valence-corrected chi connectivity index (χ1v) is 7.53. The molecule has 1 saturated carbocycles. The molecule has 0 aliphatic heterocycles. The van der Waals surface area contributed by atoms with Crippen LogP contribution in [0.5, 0.6) is 5.88 Å². The molecule has 4 heteroatoms. The Kier molecular flexibility index (Phi) is 5.13. The van der Waals surface area contributed by atoms with Crippen LogP contribution in [-0.4, -0.2) is 11.1 Å². The topological polar surface area (TPSA) is 22.1 Å². The summed E-state index contributed by atoms with van der Waals surface area (Å²) < 4.78 is 6.03. The van der Waals surface area contributed by atoms with Crippen molar-refractivity contribution in [2.45, 2.75) is 51.0 Å². The molecule has 1 aliphatic rings. The van der Waals surface area contributed by atoms with Gasteiger partial charge in [0, 0.05) is 18.1 Å². The van der Waals surface area contributed by atoms with Gasteiger partial charge in [-0.25, -0.2) is 4.98 Å². The molecule has 0 saturated heterocycles. The van der Waals surface area contributed by atoms with Gasteiger partial charge in [-0.15, -0.1) is 11.6 Å². The summed E-state index contributed by atoms with van der Waals surface area (Å²) in [5, 5.41) is 0.605. The maximum Gasteiger partial charge on any atom is 0.213 e. The third-order valence-corrected chi connectivity index (χ3v) is 4.32. The van der Waals surface area contributed by atoms with E-state index in [0.29, 0.717) is 28.8 Å². The predicted molar refractivity (Wildman–Crippen MR) is 75.5 cm³/mol. The number of aromatic nitrogens is 1. The highest BCUT2D eigenvalue weighted by atomic mass is 35.5. The SMILES string of the molecule is CCC1CCCCC1Oc1cc(CCl)c(Cl)cn1. The second kappa shape index (κ2) is 6.63. The van der Waals surface area contributed by atoms with Crippen LogP contribution in [-0.2, 0) is 5.88 Å². The van der Waals surface area contributed by atoms with Gasteiger partial charge in [0.25, 0.3) is 0 Å². The fourth-order valence-electron chi connectivity index (χ4n) is 2.58. The summed E-state index contributed by atoms with van der Waals surface area (Å²) in [5.74, 6) is 1.69. The lowest BCUT2D eigenvalue weighted by atomic mass is 9.85. The second-order valence-electron chi connectivity index (χ2n) is 4.86. The Morgan fingerprint density at radius 3 is 2.89 bits per heavy atom. The van der Waals surface area contributed by atoms with Crippen molar-refractivity contribution >= 4 is 23.2 Å². The Morgan fingerprint density at radius 1 is 1.39 bits per heavy atom. The molecule has 100 valence electrons. The minimum atomic E-state index is 0.292. The van der Waals surface area contributed by atoms with Crippen molar-refractivity contribution in [2.24, 2.45) is 5.92 Å². The minimum Gasteiger partial charge on any atom is -0.474 e. The maximum atomic E-state index is 6.03. The summed E-state index contributed by atoms with van der Waals surface area (Å²) in [6, 6.07) is 1.86. The third kappa shape index (κ3) is 3.30. The van der Waals surface area contributed by atoms with E-state index in [9.17, 15) is 0 Å². The Labute approximate surface area is 119 Å². The average Bonchev–Trinajstić information content (AvgIpc) is 2.41. The lowest BCUT2D eigenvalue weighted by Gasteiger charge is -2.30. The van der Waals surface area contributed by atoms with E-state index in [1.165, 1.54) is 25.7 Å². The van der Waals surface area contributed by atoms with Crippen molar-refractivity contribution in [3.8, 4) is 5.88 Å². The fourth-order valence-corrected chi connectivity index (χ4v) is 3.04. The number of ether oxygens (including phenoxy) is 1. The predicted octanol–water partition coefficient (Wildman–Crippen LogP) is 4.82. The van der Waals surface area contributed by atoms with Crippen molar-refractivity contribution in [3.63, 3.8) is 0 Å². The molecule has 1 aromatic rings. The molecule has 0 N–H and O–H groups in total. The normalized spacial score (nSPS) is 23.9. The first-order chi connectivity index (χ1) is 8.74. The van der Waals surface area contributed by atoms with Crippen LogP contribution < -0.4 is 4.74 Å². The molecule has 1 aliphatic carbocycles.